The number of nitrogens with one attached hydrogen (secondary N) is 1. The van der Waals surface area contributed by atoms with Gasteiger partial charge in [0.25, 0.3) is 0 Å². The van der Waals surface area contributed by atoms with Crippen LogP contribution in [-0.2, 0) is 6.42 Å². The normalized spacial score (nSPS) is 20.8. The highest BCUT2D eigenvalue weighted by Gasteiger charge is 2.25. The van der Waals surface area contributed by atoms with E-state index in [1.165, 1.54) is 47.6 Å². The average molecular weight is 310 g/mol. The third kappa shape index (κ3) is 4.71. The van der Waals surface area contributed by atoms with Crippen LogP contribution >= 0.6 is 23.5 Å². The standard InChI is InChI=1S/C17H27NS2/c1-3-5-14-6-8-15(9-7-14)17(18-10-4-2)16-13-19-11-12-20-16/h6-9,16-18H,3-5,10-13H2,1-2H3. The molecule has 1 aromatic carbocycles. The summed E-state index contributed by atoms with van der Waals surface area (Å²) in [6.45, 7) is 5.61. The lowest BCUT2D eigenvalue weighted by Crippen LogP contribution is -2.34. The summed E-state index contributed by atoms with van der Waals surface area (Å²) in [6, 6.07) is 9.85. The smallest absolute Gasteiger partial charge is 0.0448 e. The van der Waals surface area contributed by atoms with Crippen molar-refractivity contribution in [1.29, 1.82) is 0 Å². The second kappa shape index (κ2) is 9.01. The van der Waals surface area contributed by atoms with Crippen molar-refractivity contribution in [3.8, 4) is 0 Å². The van der Waals surface area contributed by atoms with Crippen LogP contribution in [0.4, 0.5) is 0 Å². The third-order valence-electron chi connectivity index (χ3n) is 3.71. The summed E-state index contributed by atoms with van der Waals surface area (Å²) >= 11 is 4.26. The number of hydrogen-bond acceptors (Lipinski definition) is 3. The van der Waals surface area contributed by atoms with E-state index in [4.69, 9.17) is 0 Å². The first-order valence-electron chi connectivity index (χ1n) is 7.86. The largest absolute Gasteiger partial charge is 0.309 e. The second-order valence-corrected chi connectivity index (χ2v) is 7.90. The predicted molar refractivity (Wildman–Crippen MR) is 95.0 cm³/mol. The van der Waals surface area contributed by atoms with E-state index >= 15 is 0 Å². The van der Waals surface area contributed by atoms with Gasteiger partial charge in [0.2, 0.25) is 0 Å². The highest BCUT2D eigenvalue weighted by Crippen LogP contribution is 2.33. The first-order chi connectivity index (χ1) is 9.85. The molecule has 0 bridgehead atoms. The summed E-state index contributed by atoms with van der Waals surface area (Å²) in [4.78, 5) is 0. The minimum Gasteiger partial charge on any atom is -0.309 e. The van der Waals surface area contributed by atoms with Gasteiger partial charge >= 0.3 is 0 Å². The van der Waals surface area contributed by atoms with Crippen molar-refractivity contribution in [2.75, 3.05) is 23.8 Å². The molecule has 1 aliphatic heterocycles. The molecule has 0 spiro atoms. The fourth-order valence-electron chi connectivity index (χ4n) is 2.64. The Bertz CT molecular complexity index is 371. The van der Waals surface area contributed by atoms with Gasteiger partial charge in [0.05, 0.1) is 0 Å². The summed E-state index contributed by atoms with van der Waals surface area (Å²) in [5.74, 6) is 3.90. The van der Waals surface area contributed by atoms with Crippen molar-refractivity contribution >= 4 is 23.5 Å². The van der Waals surface area contributed by atoms with Gasteiger partial charge in [-0.1, -0.05) is 44.5 Å². The van der Waals surface area contributed by atoms with Gasteiger partial charge in [-0.2, -0.15) is 23.5 Å². The number of thioether (sulfide) groups is 2. The Labute approximate surface area is 132 Å². The van der Waals surface area contributed by atoms with Crippen molar-refractivity contribution in [3.63, 3.8) is 0 Å². The molecule has 1 fully saturated rings. The summed E-state index contributed by atoms with van der Waals surface area (Å²) < 4.78 is 0. The van der Waals surface area contributed by atoms with Crippen LogP contribution in [0, 0.1) is 0 Å². The van der Waals surface area contributed by atoms with E-state index in [-0.39, 0.29) is 0 Å². The molecule has 1 nitrogen and oxygen atoms in total. The molecule has 2 rings (SSSR count). The van der Waals surface area contributed by atoms with Gasteiger partial charge in [-0.3, -0.25) is 0 Å². The third-order valence-corrected chi connectivity index (χ3v) is 6.57. The quantitative estimate of drug-likeness (QED) is 0.795. The van der Waals surface area contributed by atoms with Crippen LogP contribution in [0.15, 0.2) is 24.3 Å². The molecule has 2 atom stereocenters. The Morgan fingerprint density at radius 2 is 1.95 bits per heavy atom. The molecule has 3 heteroatoms. The Balaban J connectivity index is 2.07. The number of aryl methyl sites for hydroxylation is 1. The fourth-order valence-corrected chi connectivity index (χ4v) is 5.51. The molecular weight excluding hydrogens is 282 g/mol. The van der Waals surface area contributed by atoms with Crippen LogP contribution in [0.1, 0.15) is 43.9 Å². The van der Waals surface area contributed by atoms with Crippen LogP contribution in [0.5, 0.6) is 0 Å². The van der Waals surface area contributed by atoms with Crippen LogP contribution in [0.25, 0.3) is 0 Å². The fraction of sp³-hybridized carbons (Fsp3) is 0.647. The Hall–Kier alpha value is -0.120. The number of hydrogen-bond donors (Lipinski definition) is 1. The van der Waals surface area contributed by atoms with Gasteiger partial charge in [0, 0.05) is 28.6 Å². The number of benzene rings is 1. The summed E-state index contributed by atoms with van der Waals surface area (Å²) in [6.07, 6.45) is 3.63. The average Bonchev–Trinajstić information content (AvgIpc) is 2.51. The second-order valence-electron chi connectivity index (χ2n) is 5.41. The lowest BCUT2D eigenvalue weighted by atomic mass is 10.0. The number of rotatable bonds is 7. The molecule has 1 aromatic rings. The molecule has 0 aliphatic carbocycles. The van der Waals surface area contributed by atoms with Gasteiger partial charge < -0.3 is 5.32 Å². The van der Waals surface area contributed by atoms with Crippen molar-refractivity contribution in [2.45, 2.75) is 44.4 Å². The molecule has 1 aliphatic rings. The molecule has 2 unspecified atom stereocenters. The summed E-state index contributed by atoms with van der Waals surface area (Å²) in [7, 11) is 0. The SMILES string of the molecule is CCCNC(c1ccc(CCC)cc1)C1CSCCS1. The monoisotopic (exact) mass is 309 g/mol. The molecular formula is C17H27NS2. The van der Waals surface area contributed by atoms with E-state index in [9.17, 15) is 0 Å². The van der Waals surface area contributed by atoms with E-state index in [1.54, 1.807) is 0 Å². The van der Waals surface area contributed by atoms with Crippen LogP contribution in [0.3, 0.4) is 0 Å². The Morgan fingerprint density at radius 3 is 2.55 bits per heavy atom. The molecule has 0 aromatic heterocycles. The van der Waals surface area contributed by atoms with Crippen molar-refractivity contribution in [1.82, 2.24) is 5.32 Å². The topological polar surface area (TPSA) is 12.0 Å². The highest BCUT2D eigenvalue weighted by atomic mass is 32.2. The Morgan fingerprint density at radius 1 is 1.15 bits per heavy atom. The van der Waals surface area contributed by atoms with Crippen LogP contribution < -0.4 is 5.32 Å². The molecule has 1 N–H and O–H groups in total. The molecule has 0 amide bonds. The van der Waals surface area contributed by atoms with Crippen molar-refractivity contribution in [3.05, 3.63) is 35.4 Å². The zero-order valence-electron chi connectivity index (χ0n) is 12.7. The van der Waals surface area contributed by atoms with Gasteiger partial charge in [-0.25, -0.2) is 0 Å². The lowest BCUT2D eigenvalue weighted by molar-refractivity contribution is 0.530. The molecule has 0 saturated carbocycles. The molecule has 1 heterocycles. The van der Waals surface area contributed by atoms with Crippen molar-refractivity contribution < 1.29 is 0 Å². The zero-order valence-corrected chi connectivity index (χ0v) is 14.4. The minimum atomic E-state index is 0.517. The van der Waals surface area contributed by atoms with E-state index < -0.39 is 0 Å². The van der Waals surface area contributed by atoms with Crippen molar-refractivity contribution in [2.24, 2.45) is 0 Å². The highest BCUT2D eigenvalue weighted by molar-refractivity contribution is 8.06. The van der Waals surface area contributed by atoms with E-state index in [2.05, 4.69) is 67.0 Å². The van der Waals surface area contributed by atoms with E-state index in [0.29, 0.717) is 6.04 Å². The zero-order chi connectivity index (χ0) is 14.2. The maximum Gasteiger partial charge on any atom is 0.0448 e. The molecule has 0 radical (unpaired) electrons. The van der Waals surface area contributed by atoms with Gasteiger partial charge in [0.15, 0.2) is 0 Å². The van der Waals surface area contributed by atoms with Crippen LogP contribution in [-0.4, -0.2) is 29.1 Å². The molecule has 1 saturated heterocycles. The Kier molecular flexibility index (Phi) is 7.32. The molecule has 112 valence electrons. The van der Waals surface area contributed by atoms with E-state index in [1.807, 2.05) is 0 Å². The van der Waals surface area contributed by atoms with Gasteiger partial charge in [-0.05, 0) is 30.5 Å². The maximum absolute atomic E-state index is 3.77. The van der Waals surface area contributed by atoms with E-state index in [0.717, 1.165) is 11.8 Å². The van der Waals surface area contributed by atoms with Gasteiger partial charge in [0.1, 0.15) is 0 Å². The summed E-state index contributed by atoms with van der Waals surface area (Å²) in [5, 5.41) is 4.49. The lowest BCUT2D eigenvalue weighted by Gasteiger charge is -2.31. The van der Waals surface area contributed by atoms with Crippen LogP contribution in [0.2, 0.25) is 0 Å². The summed E-state index contributed by atoms with van der Waals surface area (Å²) in [5.41, 5.74) is 2.94. The minimum absolute atomic E-state index is 0.517. The first-order valence-corrected chi connectivity index (χ1v) is 10.1. The maximum atomic E-state index is 3.77. The first kappa shape index (κ1) is 16.3. The van der Waals surface area contributed by atoms with Gasteiger partial charge in [-0.15, -0.1) is 0 Å². The predicted octanol–water partition coefficient (Wildman–Crippen LogP) is 4.53. The molecule has 20 heavy (non-hydrogen) atoms.